The molecule has 2 heterocycles. The third-order valence-electron chi connectivity index (χ3n) is 3.39. The standard InChI is InChI=1S/C13H16FNO3/c14-10-11(15)12(9-7-17-13(10)18-9)16-6-8-4-2-1-3-5-8/h1-5,9-13H,6-7,15H2/t9-,10-,11-,12-,13-/m1/s1. The van der Waals surface area contributed by atoms with E-state index in [4.69, 9.17) is 19.9 Å². The number of alkyl halides is 1. The molecule has 1 aromatic rings. The highest BCUT2D eigenvalue weighted by atomic mass is 19.1. The third kappa shape index (κ3) is 2.14. The van der Waals surface area contributed by atoms with Gasteiger partial charge in [0.25, 0.3) is 0 Å². The maximum atomic E-state index is 13.8. The minimum Gasteiger partial charge on any atom is -0.369 e. The van der Waals surface area contributed by atoms with Gasteiger partial charge in [0.05, 0.1) is 19.3 Å². The average molecular weight is 253 g/mol. The highest BCUT2D eigenvalue weighted by Gasteiger charge is 2.50. The molecule has 2 bridgehead atoms. The van der Waals surface area contributed by atoms with Gasteiger partial charge in [0.1, 0.15) is 12.2 Å². The normalized spacial score (nSPS) is 38.9. The highest BCUT2D eigenvalue weighted by molar-refractivity contribution is 5.13. The van der Waals surface area contributed by atoms with Crippen molar-refractivity contribution in [3.8, 4) is 0 Å². The van der Waals surface area contributed by atoms with Gasteiger partial charge in [0, 0.05) is 0 Å². The Kier molecular flexibility index (Phi) is 3.30. The number of halogens is 1. The fourth-order valence-corrected chi connectivity index (χ4v) is 2.38. The predicted molar refractivity (Wildman–Crippen MR) is 62.5 cm³/mol. The van der Waals surface area contributed by atoms with Crippen LogP contribution in [-0.4, -0.2) is 37.3 Å². The van der Waals surface area contributed by atoms with E-state index in [1.165, 1.54) is 0 Å². The highest BCUT2D eigenvalue weighted by Crippen LogP contribution is 2.31. The molecule has 0 spiro atoms. The second-order valence-corrected chi connectivity index (χ2v) is 4.66. The van der Waals surface area contributed by atoms with Gasteiger partial charge in [-0.25, -0.2) is 4.39 Å². The van der Waals surface area contributed by atoms with E-state index in [9.17, 15) is 4.39 Å². The summed E-state index contributed by atoms with van der Waals surface area (Å²) < 4.78 is 30.1. The molecule has 0 aromatic heterocycles. The summed E-state index contributed by atoms with van der Waals surface area (Å²) in [6, 6.07) is 9.02. The van der Waals surface area contributed by atoms with Gasteiger partial charge < -0.3 is 19.9 Å². The van der Waals surface area contributed by atoms with Crippen molar-refractivity contribution in [1.29, 1.82) is 0 Å². The molecule has 0 aliphatic carbocycles. The van der Waals surface area contributed by atoms with Crippen molar-refractivity contribution in [3.63, 3.8) is 0 Å². The summed E-state index contributed by atoms with van der Waals surface area (Å²) in [5.41, 5.74) is 6.88. The molecule has 2 fully saturated rings. The van der Waals surface area contributed by atoms with Crippen molar-refractivity contribution in [2.75, 3.05) is 6.61 Å². The lowest BCUT2D eigenvalue weighted by Gasteiger charge is -2.35. The SMILES string of the molecule is N[C@@H]1[C@@H](F)[C@@H]2OC[C@@H](O2)[C@H]1OCc1ccccc1. The fourth-order valence-electron chi connectivity index (χ4n) is 2.38. The van der Waals surface area contributed by atoms with Crippen molar-refractivity contribution in [1.82, 2.24) is 0 Å². The number of nitrogens with two attached hydrogens (primary N) is 1. The molecule has 98 valence electrons. The second kappa shape index (κ2) is 4.93. The first-order valence-electron chi connectivity index (χ1n) is 6.08. The van der Waals surface area contributed by atoms with Crippen LogP contribution in [0.5, 0.6) is 0 Å². The van der Waals surface area contributed by atoms with Crippen LogP contribution in [0.4, 0.5) is 4.39 Å². The first-order chi connectivity index (χ1) is 8.75. The zero-order chi connectivity index (χ0) is 12.5. The average Bonchev–Trinajstić information content (AvgIpc) is 2.84. The van der Waals surface area contributed by atoms with E-state index in [-0.39, 0.29) is 6.10 Å². The predicted octanol–water partition coefficient (Wildman–Crippen LogP) is 0.992. The maximum Gasteiger partial charge on any atom is 0.191 e. The number of rotatable bonds is 3. The summed E-state index contributed by atoms with van der Waals surface area (Å²) in [4.78, 5) is 0. The number of hydrogen-bond acceptors (Lipinski definition) is 4. The summed E-state index contributed by atoms with van der Waals surface area (Å²) in [6.45, 7) is 0.745. The van der Waals surface area contributed by atoms with Crippen LogP contribution in [0.2, 0.25) is 0 Å². The summed E-state index contributed by atoms with van der Waals surface area (Å²) in [5, 5.41) is 0. The molecule has 2 aliphatic heterocycles. The molecule has 0 saturated carbocycles. The summed E-state index contributed by atoms with van der Waals surface area (Å²) >= 11 is 0. The van der Waals surface area contributed by atoms with E-state index in [0.717, 1.165) is 5.56 Å². The molecular weight excluding hydrogens is 237 g/mol. The topological polar surface area (TPSA) is 53.7 Å². The Balaban J connectivity index is 1.65. The van der Waals surface area contributed by atoms with Gasteiger partial charge in [-0.1, -0.05) is 30.3 Å². The number of fused-ring (bicyclic) bond motifs is 2. The minimum atomic E-state index is -1.33. The van der Waals surface area contributed by atoms with Crippen LogP contribution in [-0.2, 0) is 20.8 Å². The quantitative estimate of drug-likeness (QED) is 0.873. The lowest BCUT2D eigenvalue weighted by Crippen LogP contribution is -2.57. The van der Waals surface area contributed by atoms with E-state index in [1.54, 1.807) is 0 Å². The molecule has 2 N–H and O–H groups in total. The smallest absolute Gasteiger partial charge is 0.191 e. The van der Waals surface area contributed by atoms with Crippen molar-refractivity contribution >= 4 is 0 Å². The van der Waals surface area contributed by atoms with E-state index in [2.05, 4.69) is 0 Å². The van der Waals surface area contributed by atoms with E-state index in [1.807, 2.05) is 30.3 Å². The zero-order valence-electron chi connectivity index (χ0n) is 9.87. The van der Waals surface area contributed by atoms with Gasteiger partial charge in [0.15, 0.2) is 12.5 Å². The van der Waals surface area contributed by atoms with Gasteiger partial charge >= 0.3 is 0 Å². The van der Waals surface area contributed by atoms with Crippen molar-refractivity contribution in [3.05, 3.63) is 35.9 Å². The van der Waals surface area contributed by atoms with Crippen molar-refractivity contribution in [2.45, 2.75) is 37.3 Å². The summed E-state index contributed by atoms with van der Waals surface area (Å²) in [5.74, 6) is 0. The van der Waals surface area contributed by atoms with Crippen LogP contribution in [0.25, 0.3) is 0 Å². The summed E-state index contributed by atoms with van der Waals surface area (Å²) in [7, 11) is 0. The molecular formula is C13H16FNO3. The van der Waals surface area contributed by atoms with Crippen LogP contribution in [0.3, 0.4) is 0 Å². The van der Waals surface area contributed by atoms with Crippen LogP contribution in [0, 0.1) is 0 Å². The number of hydrogen-bond donors (Lipinski definition) is 1. The molecule has 5 atom stereocenters. The lowest BCUT2D eigenvalue weighted by molar-refractivity contribution is -0.182. The number of ether oxygens (including phenoxy) is 3. The summed E-state index contributed by atoms with van der Waals surface area (Å²) in [6.07, 6.45) is -2.87. The molecule has 3 rings (SSSR count). The largest absolute Gasteiger partial charge is 0.369 e. The molecule has 18 heavy (non-hydrogen) atoms. The molecule has 2 aliphatic rings. The van der Waals surface area contributed by atoms with E-state index >= 15 is 0 Å². The minimum absolute atomic E-state index is 0.263. The lowest BCUT2D eigenvalue weighted by atomic mass is 10.00. The van der Waals surface area contributed by atoms with E-state index < -0.39 is 24.6 Å². The van der Waals surface area contributed by atoms with Gasteiger partial charge in [0.2, 0.25) is 0 Å². The molecule has 0 amide bonds. The van der Waals surface area contributed by atoms with Crippen molar-refractivity contribution in [2.24, 2.45) is 5.73 Å². The molecule has 5 heteroatoms. The Morgan fingerprint density at radius 2 is 2.11 bits per heavy atom. The van der Waals surface area contributed by atoms with Gasteiger partial charge in [-0.05, 0) is 5.56 Å². The van der Waals surface area contributed by atoms with Gasteiger partial charge in [-0.3, -0.25) is 0 Å². The van der Waals surface area contributed by atoms with E-state index in [0.29, 0.717) is 13.2 Å². The first-order valence-corrected chi connectivity index (χ1v) is 6.08. The molecule has 1 aromatic carbocycles. The first kappa shape index (κ1) is 12.0. The Labute approximate surface area is 105 Å². The maximum absolute atomic E-state index is 13.8. The Hall–Kier alpha value is -1.01. The second-order valence-electron chi connectivity index (χ2n) is 4.66. The molecule has 4 nitrogen and oxygen atoms in total. The Morgan fingerprint density at radius 3 is 2.89 bits per heavy atom. The molecule has 0 unspecified atom stereocenters. The number of benzene rings is 1. The van der Waals surface area contributed by atoms with Crippen LogP contribution in [0.15, 0.2) is 30.3 Å². The zero-order valence-corrected chi connectivity index (χ0v) is 9.87. The molecule has 0 radical (unpaired) electrons. The third-order valence-corrected chi connectivity index (χ3v) is 3.39. The van der Waals surface area contributed by atoms with Crippen molar-refractivity contribution < 1.29 is 18.6 Å². The Morgan fingerprint density at radius 1 is 1.33 bits per heavy atom. The monoisotopic (exact) mass is 253 g/mol. The molecule has 2 saturated heterocycles. The fraction of sp³-hybridized carbons (Fsp3) is 0.538. The van der Waals surface area contributed by atoms with Crippen LogP contribution < -0.4 is 5.73 Å². The Bertz CT molecular complexity index is 402. The van der Waals surface area contributed by atoms with Crippen LogP contribution in [0.1, 0.15) is 5.56 Å². The van der Waals surface area contributed by atoms with Gasteiger partial charge in [-0.2, -0.15) is 0 Å². The van der Waals surface area contributed by atoms with Crippen LogP contribution >= 0.6 is 0 Å². The van der Waals surface area contributed by atoms with Gasteiger partial charge in [-0.15, -0.1) is 0 Å².